The normalized spacial score (nSPS) is 49.2. The van der Waals surface area contributed by atoms with Crippen molar-refractivity contribution in [3.63, 3.8) is 0 Å². The van der Waals surface area contributed by atoms with Gasteiger partial charge in [0.15, 0.2) is 0 Å². The third-order valence-electron chi connectivity index (χ3n) is 1.97. The smallest absolute Gasteiger partial charge is 0.0950 e. The van der Waals surface area contributed by atoms with Crippen LogP contribution >= 0.6 is 0 Å². The number of aliphatic hydroxyl groups is 1. The molecule has 10 heavy (non-hydrogen) atoms. The molecule has 0 aromatic carbocycles. The maximum absolute atomic E-state index is 9.31. The Morgan fingerprint density at radius 3 is 2.60 bits per heavy atom. The van der Waals surface area contributed by atoms with Crippen molar-refractivity contribution in [2.75, 3.05) is 0 Å². The minimum atomic E-state index is -0.490. The third-order valence-corrected chi connectivity index (χ3v) is 1.97. The van der Waals surface area contributed by atoms with Crippen LogP contribution in [0.4, 0.5) is 0 Å². The molecule has 3 N–H and O–H groups in total. The molecule has 1 saturated heterocycles. The SMILES string of the molecule is C[C@@H]1CC(N)[C@H](O)[C@H](C)O1. The molecule has 1 fully saturated rings. The molecule has 3 heteroatoms. The first-order valence-corrected chi connectivity index (χ1v) is 3.70. The van der Waals surface area contributed by atoms with Crippen LogP contribution in [0.5, 0.6) is 0 Å². The molecule has 1 heterocycles. The van der Waals surface area contributed by atoms with Gasteiger partial charge in [0.25, 0.3) is 0 Å². The molecule has 1 unspecified atom stereocenters. The average molecular weight is 145 g/mol. The van der Waals surface area contributed by atoms with E-state index in [1.807, 2.05) is 13.8 Å². The topological polar surface area (TPSA) is 55.5 Å². The zero-order valence-electron chi connectivity index (χ0n) is 6.45. The van der Waals surface area contributed by atoms with E-state index in [2.05, 4.69) is 0 Å². The Bertz CT molecular complexity index is 106. The van der Waals surface area contributed by atoms with Crippen molar-refractivity contribution in [2.24, 2.45) is 5.73 Å². The van der Waals surface area contributed by atoms with Crippen LogP contribution in [0.3, 0.4) is 0 Å². The Kier molecular flexibility index (Phi) is 2.28. The van der Waals surface area contributed by atoms with Crippen molar-refractivity contribution >= 4 is 0 Å². The van der Waals surface area contributed by atoms with E-state index in [9.17, 15) is 5.11 Å². The lowest BCUT2D eigenvalue weighted by Crippen LogP contribution is -2.50. The van der Waals surface area contributed by atoms with Gasteiger partial charge in [-0.2, -0.15) is 0 Å². The maximum atomic E-state index is 9.31. The lowest BCUT2D eigenvalue weighted by Gasteiger charge is -2.34. The molecule has 1 aliphatic heterocycles. The van der Waals surface area contributed by atoms with E-state index in [-0.39, 0.29) is 18.2 Å². The summed E-state index contributed by atoms with van der Waals surface area (Å²) in [5.41, 5.74) is 5.63. The summed E-state index contributed by atoms with van der Waals surface area (Å²) in [6.45, 7) is 3.82. The summed E-state index contributed by atoms with van der Waals surface area (Å²) in [7, 11) is 0. The Hall–Kier alpha value is -0.120. The largest absolute Gasteiger partial charge is 0.389 e. The van der Waals surface area contributed by atoms with Gasteiger partial charge < -0.3 is 15.6 Å². The highest BCUT2D eigenvalue weighted by Gasteiger charge is 2.30. The summed E-state index contributed by atoms with van der Waals surface area (Å²) in [5, 5.41) is 9.31. The van der Waals surface area contributed by atoms with Crippen LogP contribution in [0.15, 0.2) is 0 Å². The fraction of sp³-hybridized carbons (Fsp3) is 1.00. The molecule has 0 aromatic rings. The second-order valence-corrected chi connectivity index (χ2v) is 3.04. The Morgan fingerprint density at radius 2 is 2.10 bits per heavy atom. The minimum Gasteiger partial charge on any atom is -0.389 e. The van der Waals surface area contributed by atoms with E-state index in [4.69, 9.17) is 10.5 Å². The first kappa shape index (κ1) is 7.98. The highest BCUT2D eigenvalue weighted by Crippen LogP contribution is 2.17. The second-order valence-electron chi connectivity index (χ2n) is 3.04. The molecule has 0 saturated carbocycles. The van der Waals surface area contributed by atoms with Crippen molar-refractivity contribution < 1.29 is 9.84 Å². The standard InChI is InChI=1S/C7H15NO2/c1-4-3-6(8)7(9)5(2)10-4/h4-7,9H,3,8H2,1-2H3/t4-,5+,6?,7-/m1/s1. The summed E-state index contributed by atoms with van der Waals surface area (Å²) in [5.74, 6) is 0. The van der Waals surface area contributed by atoms with Crippen LogP contribution in [-0.4, -0.2) is 29.5 Å². The van der Waals surface area contributed by atoms with E-state index < -0.39 is 6.10 Å². The van der Waals surface area contributed by atoms with E-state index >= 15 is 0 Å². The summed E-state index contributed by atoms with van der Waals surface area (Å²) in [4.78, 5) is 0. The molecular formula is C7H15NO2. The third kappa shape index (κ3) is 1.48. The maximum Gasteiger partial charge on any atom is 0.0950 e. The molecule has 1 aliphatic rings. The molecule has 1 rings (SSSR count). The fourth-order valence-electron chi connectivity index (χ4n) is 1.37. The van der Waals surface area contributed by atoms with Gasteiger partial charge in [-0.3, -0.25) is 0 Å². The first-order valence-electron chi connectivity index (χ1n) is 3.70. The van der Waals surface area contributed by atoms with Crippen molar-refractivity contribution in [3.05, 3.63) is 0 Å². The van der Waals surface area contributed by atoms with Crippen LogP contribution in [0.1, 0.15) is 20.3 Å². The van der Waals surface area contributed by atoms with Crippen molar-refractivity contribution in [3.8, 4) is 0 Å². The summed E-state index contributed by atoms with van der Waals surface area (Å²) in [6.07, 6.45) is 0.342. The first-order chi connectivity index (χ1) is 4.61. The van der Waals surface area contributed by atoms with Gasteiger partial charge in [-0.1, -0.05) is 0 Å². The lowest BCUT2D eigenvalue weighted by atomic mass is 9.98. The van der Waals surface area contributed by atoms with E-state index in [0.717, 1.165) is 6.42 Å². The van der Waals surface area contributed by atoms with Crippen molar-refractivity contribution in [1.82, 2.24) is 0 Å². The molecule has 0 amide bonds. The lowest BCUT2D eigenvalue weighted by molar-refractivity contribution is -0.110. The number of rotatable bonds is 0. The van der Waals surface area contributed by atoms with Gasteiger partial charge in [0, 0.05) is 6.04 Å². The van der Waals surface area contributed by atoms with Gasteiger partial charge in [0.2, 0.25) is 0 Å². The predicted molar refractivity (Wildman–Crippen MR) is 38.6 cm³/mol. The number of nitrogens with two attached hydrogens (primary N) is 1. The molecule has 4 atom stereocenters. The predicted octanol–water partition coefficient (Wildman–Crippen LogP) is -0.128. The Balaban J connectivity index is 2.49. The quantitative estimate of drug-likeness (QED) is 0.499. The van der Waals surface area contributed by atoms with Crippen molar-refractivity contribution in [2.45, 2.75) is 44.6 Å². The van der Waals surface area contributed by atoms with Gasteiger partial charge >= 0.3 is 0 Å². The van der Waals surface area contributed by atoms with Gasteiger partial charge in [-0.25, -0.2) is 0 Å². The summed E-state index contributed by atoms with van der Waals surface area (Å²) >= 11 is 0. The fourth-order valence-corrected chi connectivity index (χ4v) is 1.37. The molecule has 0 radical (unpaired) electrons. The van der Waals surface area contributed by atoms with Gasteiger partial charge in [0.05, 0.1) is 18.3 Å². The molecule has 3 nitrogen and oxygen atoms in total. The zero-order valence-corrected chi connectivity index (χ0v) is 6.45. The Labute approximate surface area is 61.2 Å². The molecule has 60 valence electrons. The number of hydrogen-bond donors (Lipinski definition) is 2. The van der Waals surface area contributed by atoms with Gasteiger partial charge in [-0.05, 0) is 20.3 Å². The molecule has 0 aliphatic carbocycles. The highest BCUT2D eigenvalue weighted by molar-refractivity contribution is 4.84. The number of ether oxygens (including phenoxy) is 1. The zero-order chi connectivity index (χ0) is 7.72. The second kappa shape index (κ2) is 2.86. The molecular weight excluding hydrogens is 130 g/mol. The minimum absolute atomic E-state index is 0.112. The van der Waals surface area contributed by atoms with Crippen LogP contribution < -0.4 is 5.73 Å². The van der Waals surface area contributed by atoms with Crippen LogP contribution in [0.25, 0.3) is 0 Å². The Morgan fingerprint density at radius 1 is 1.50 bits per heavy atom. The molecule has 0 spiro atoms. The van der Waals surface area contributed by atoms with Crippen LogP contribution in [0.2, 0.25) is 0 Å². The van der Waals surface area contributed by atoms with Gasteiger partial charge in [0.1, 0.15) is 0 Å². The van der Waals surface area contributed by atoms with E-state index in [0.29, 0.717) is 0 Å². The highest BCUT2D eigenvalue weighted by atomic mass is 16.5. The number of aliphatic hydroxyl groups excluding tert-OH is 1. The van der Waals surface area contributed by atoms with Crippen molar-refractivity contribution in [1.29, 1.82) is 0 Å². The van der Waals surface area contributed by atoms with E-state index in [1.165, 1.54) is 0 Å². The summed E-state index contributed by atoms with van der Waals surface area (Å²) < 4.78 is 5.34. The molecule has 0 aromatic heterocycles. The van der Waals surface area contributed by atoms with Crippen LogP contribution in [0, 0.1) is 0 Å². The number of hydrogen-bond acceptors (Lipinski definition) is 3. The monoisotopic (exact) mass is 145 g/mol. The van der Waals surface area contributed by atoms with E-state index in [1.54, 1.807) is 0 Å². The summed E-state index contributed by atoms with van der Waals surface area (Å²) in [6, 6.07) is -0.112. The van der Waals surface area contributed by atoms with Gasteiger partial charge in [-0.15, -0.1) is 0 Å². The van der Waals surface area contributed by atoms with Crippen LogP contribution in [-0.2, 0) is 4.74 Å². The molecule has 0 bridgehead atoms. The average Bonchev–Trinajstić information content (AvgIpc) is 1.82.